The number of rotatable bonds is 6. The van der Waals surface area contributed by atoms with Gasteiger partial charge < -0.3 is 0 Å². The van der Waals surface area contributed by atoms with Gasteiger partial charge in [0.25, 0.3) is 0 Å². The Labute approximate surface area is 169 Å². The van der Waals surface area contributed by atoms with E-state index in [1.54, 1.807) is 23.5 Å². The van der Waals surface area contributed by atoms with Gasteiger partial charge in [-0.25, -0.2) is 4.68 Å². The molecule has 7 heteroatoms. The van der Waals surface area contributed by atoms with Crippen LogP contribution in [0, 0.1) is 6.92 Å². The van der Waals surface area contributed by atoms with Crippen LogP contribution in [0.25, 0.3) is 11.1 Å². The molecule has 3 aromatic heterocycles. The van der Waals surface area contributed by atoms with Crippen LogP contribution in [0.1, 0.15) is 30.7 Å². The van der Waals surface area contributed by atoms with Gasteiger partial charge in [0, 0.05) is 73.8 Å². The first-order chi connectivity index (χ1) is 14.1. The van der Waals surface area contributed by atoms with E-state index in [4.69, 9.17) is 0 Å². The summed E-state index contributed by atoms with van der Waals surface area (Å²) >= 11 is 0. The molecule has 0 spiro atoms. The topological polar surface area (TPSA) is 81.0 Å². The minimum Gasteiger partial charge on any atom is -0.299 e. The summed E-state index contributed by atoms with van der Waals surface area (Å²) in [6.07, 6.45) is 6.79. The molecule has 0 unspecified atom stereocenters. The molecule has 3 aromatic rings. The molecule has 0 N–H and O–H groups in total. The second-order valence-corrected chi connectivity index (χ2v) is 7.26. The summed E-state index contributed by atoms with van der Waals surface area (Å²) in [5, 5.41) is 4.41. The summed E-state index contributed by atoms with van der Waals surface area (Å²) in [7, 11) is 0. The number of carbonyl (C=O) groups is 2. The second-order valence-electron chi connectivity index (χ2n) is 7.26. The Kier molecular flexibility index (Phi) is 5.46. The average molecular weight is 389 g/mol. The van der Waals surface area contributed by atoms with Crippen LogP contribution in [-0.4, -0.2) is 38.0 Å². The summed E-state index contributed by atoms with van der Waals surface area (Å²) in [6.45, 7) is 3.42. The second kappa shape index (κ2) is 8.34. The summed E-state index contributed by atoms with van der Waals surface area (Å²) in [4.78, 5) is 35.2. The van der Waals surface area contributed by atoms with E-state index in [2.05, 4.69) is 15.1 Å². The highest BCUT2D eigenvalue weighted by Gasteiger charge is 2.24. The standard InChI is InChI=1S/C22H23N5O2/c1-16-12-21-26(10-3-11-27(21)25-16)22(29)8-7-20(28)13-19-6-5-18(15-24-19)17-4-2-9-23-14-17/h2,4-6,9,12,14-15H,3,7-8,10-11,13H2,1H3. The van der Waals surface area contributed by atoms with Crippen LogP contribution in [0.4, 0.5) is 5.82 Å². The fourth-order valence-electron chi connectivity index (χ4n) is 3.56. The molecule has 1 aliphatic rings. The number of aryl methyl sites for hydroxylation is 2. The minimum absolute atomic E-state index is 0.0154. The van der Waals surface area contributed by atoms with Crippen LogP contribution >= 0.6 is 0 Å². The molecule has 0 bridgehead atoms. The molecule has 7 nitrogen and oxygen atoms in total. The number of hydrogen-bond acceptors (Lipinski definition) is 5. The van der Waals surface area contributed by atoms with Gasteiger partial charge in [0.05, 0.1) is 5.69 Å². The molecule has 0 aliphatic carbocycles. The predicted octanol–water partition coefficient (Wildman–Crippen LogP) is 2.98. The zero-order valence-corrected chi connectivity index (χ0v) is 16.4. The number of amides is 1. The molecule has 1 amide bonds. The first-order valence-electron chi connectivity index (χ1n) is 9.82. The lowest BCUT2D eigenvalue weighted by Crippen LogP contribution is -2.37. The number of ketones is 1. The fraction of sp³-hybridized carbons (Fsp3) is 0.318. The Balaban J connectivity index is 1.32. The lowest BCUT2D eigenvalue weighted by Gasteiger charge is -2.27. The number of nitrogens with zero attached hydrogens (tertiary/aromatic N) is 5. The summed E-state index contributed by atoms with van der Waals surface area (Å²) in [6, 6.07) is 9.56. The quantitative estimate of drug-likeness (QED) is 0.647. The van der Waals surface area contributed by atoms with Crippen LogP contribution in [0.5, 0.6) is 0 Å². The SMILES string of the molecule is Cc1cc2n(n1)CCCN2C(=O)CCC(=O)Cc1ccc(-c2cccnc2)cn1. The molecule has 0 saturated carbocycles. The zero-order valence-electron chi connectivity index (χ0n) is 16.4. The van der Waals surface area contributed by atoms with E-state index in [-0.39, 0.29) is 31.0 Å². The fourth-order valence-corrected chi connectivity index (χ4v) is 3.56. The van der Waals surface area contributed by atoms with Crippen molar-refractivity contribution in [2.75, 3.05) is 11.4 Å². The Bertz CT molecular complexity index is 1010. The number of Topliss-reactive ketones (excluding diaryl/α,β-unsaturated/α-hetero) is 1. The molecule has 29 heavy (non-hydrogen) atoms. The van der Waals surface area contributed by atoms with Crippen molar-refractivity contribution in [3.05, 3.63) is 60.3 Å². The first-order valence-corrected chi connectivity index (χ1v) is 9.82. The third-order valence-electron chi connectivity index (χ3n) is 5.03. The molecule has 1 aliphatic heterocycles. The van der Waals surface area contributed by atoms with Crippen LogP contribution in [0.2, 0.25) is 0 Å². The van der Waals surface area contributed by atoms with Gasteiger partial charge in [0.2, 0.25) is 5.91 Å². The number of aromatic nitrogens is 4. The maximum Gasteiger partial charge on any atom is 0.228 e. The predicted molar refractivity (Wildman–Crippen MR) is 109 cm³/mol. The molecular weight excluding hydrogens is 366 g/mol. The van der Waals surface area contributed by atoms with Crippen molar-refractivity contribution >= 4 is 17.5 Å². The lowest BCUT2D eigenvalue weighted by atomic mass is 10.1. The molecule has 0 saturated heterocycles. The minimum atomic E-state index is -0.0286. The molecular formula is C22H23N5O2. The van der Waals surface area contributed by atoms with Crippen molar-refractivity contribution in [1.29, 1.82) is 0 Å². The van der Waals surface area contributed by atoms with E-state index in [0.717, 1.165) is 35.6 Å². The lowest BCUT2D eigenvalue weighted by molar-refractivity contribution is -0.123. The van der Waals surface area contributed by atoms with Gasteiger partial charge in [-0.3, -0.25) is 24.5 Å². The van der Waals surface area contributed by atoms with Crippen molar-refractivity contribution in [1.82, 2.24) is 19.7 Å². The molecule has 148 valence electrons. The number of hydrogen-bond donors (Lipinski definition) is 0. The zero-order chi connectivity index (χ0) is 20.2. The van der Waals surface area contributed by atoms with Crippen molar-refractivity contribution < 1.29 is 9.59 Å². The summed E-state index contributed by atoms with van der Waals surface area (Å²) in [5.74, 6) is 0.819. The first kappa shape index (κ1) is 19.0. The van der Waals surface area contributed by atoms with Crippen molar-refractivity contribution in [2.45, 2.75) is 39.2 Å². The van der Waals surface area contributed by atoms with Crippen LogP contribution in [0.15, 0.2) is 48.9 Å². The van der Waals surface area contributed by atoms with E-state index in [1.807, 2.05) is 41.9 Å². The highest BCUT2D eigenvalue weighted by atomic mass is 16.2. The van der Waals surface area contributed by atoms with Gasteiger partial charge in [-0.05, 0) is 25.5 Å². The van der Waals surface area contributed by atoms with Gasteiger partial charge in [0.15, 0.2) is 0 Å². The highest BCUT2D eigenvalue weighted by molar-refractivity contribution is 5.95. The monoisotopic (exact) mass is 389 g/mol. The van der Waals surface area contributed by atoms with E-state index in [1.165, 1.54) is 0 Å². The number of anilines is 1. The molecule has 4 rings (SSSR count). The molecule has 0 atom stereocenters. The Morgan fingerprint density at radius 2 is 1.93 bits per heavy atom. The maximum absolute atomic E-state index is 12.6. The van der Waals surface area contributed by atoms with E-state index >= 15 is 0 Å². The van der Waals surface area contributed by atoms with Crippen molar-refractivity contribution in [2.24, 2.45) is 0 Å². The van der Waals surface area contributed by atoms with Gasteiger partial charge in [-0.1, -0.05) is 12.1 Å². The number of carbonyl (C=O) groups excluding carboxylic acids is 2. The molecule has 4 heterocycles. The summed E-state index contributed by atoms with van der Waals surface area (Å²) < 4.78 is 1.87. The van der Waals surface area contributed by atoms with Crippen LogP contribution < -0.4 is 4.90 Å². The van der Waals surface area contributed by atoms with E-state index in [0.29, 0.717) is 12.2 Å². The smallest absolute Gasteiger partial charge is 0.228 e. The summed E-state index contributed by atoms with van der Waals surface area (Å²) in [5.41, 5.74) is 3.55. The van der Waals surface area contributed by atoms with Crippen LogP contribution in [-0.2, 0) is 22.6 Å². The molecule has 0 radical (unpaired) electrons. The molecule has 0 aromatic carbocycles. The third-order valence-corrected chi connectivity index (χ3v) is 5.03. The third kappa shape index (κ3) is 4.39. The van der Waals surface area contributed by atoms with Gasteiger partial charge >= 0.3 is 0 Å². The Hall–Kier alpha value is -3.35. The number of fused-ring (bicyclic) bond motifs is 1. The number of pyridine rings is 2. The van der Waals surface area contributed by atoms with Crippen molar-refractivity contribution in [3.8, 4) is 11.1 Å². The van der Waals surface area contributed by atoms with Crippen molar-refractivity contribution in [3.63, 3.8) is 0 Å². The van der Waals surface area contributed by atoms with Gasteiger partial charge in [0.1, 0.15) is 11.6 Å². The Morgan fingerprint density at radius 3 is 2.69 bits per heavy atom. The van der Waals surface area contributed by atoms with E-state index in [9.17, 15) is 9.59 Å². The van der Waals surface area contributed by atoms with Gasteiger partial charge in [-0.15, -0.1) is 0 Å². The highest BCUT2D eigenvalue weighted by Crippen LogP contribution is 2.23. The largest absolute Gasteiger partial charge is 0.299 e. The van der Waals surface area contributed by atoms with E-state index < -0.39 is 0 Å². The van der Waals surface area contributed by atoms with Crippen LogP contribution in [0.3, 0.4) is 0 Å². The average Bonchev–Trinajstić information content (AvgIpc) is 3.13. The Morgan fingerprint density at radius 1 is 1.07 bits per heavy atom. The van der Waals surface area contributed by atoms with Gasteiger partial charge in [-0.2, -0.15) is 5.10 Å². The maximum atomic E-state index is 12.6. The normalized spacial score (nSPS) is 13.2. The molecule has 0 fully saturated rings.